The molecule has 1 radical (unpaired) electrons. The van der Waals surface area contributed by atoms with Crippen molar-refractivity contribution in [3.8, 4) is 0 Å². The summed E-state index contributed by atoms with van der Waals surface area (Å²) in [5.41, 5.74) is 1.69. The van der Waals surface area contributed by atoms with Crippen LogP contribution in [0.5, 0.6) is 0 Å². The van der Waals surface area contributed by atoms with Gasteiger partial charge in [0.25, 0.3) is 0 Å². The molecule has 1 aromatic rings. The average Bonchev–Trinajstić information content (AvgIpc) is 2.39. The Morgan fingerprint density at radius 1 is 1.11 bits per heavy atom. The number of nitrogens with zero attached hydrogens (tertiary/aromatic N) is 2. The van der Waals surface area contributed by atoms with Gasteiger partial charge in [0.2, 0.25) is 5.91 Å². The van der Waals surface area contributed by atoms with Crippen molar-refractivity contribution >= 4 is 17.4 Å². The molecule has 95 valence electrons. The van der Waals surface area contributed by atoms with Crippen molar-refractivity contribution in [3.63, 3.8) is 0 Å². The van der Waals surface area contributed by atoms with Crippen LogP contribution in [0, 0.1) is 6.07 Å². The molecule has 0 aliphatic carbocycles. The van der Waals surface area contributed by atoms with Crippen LogP contribution in [-0.4, -0.2) is 42.8 Å². The van der Waals surface area contributed by atoms with Gasteiger partial charge in [-0.15, -0.1) is 0 Å². The molecule has 18 heavy (non-hydrogen) atoms. The number of carbonyl (C=O) groups is 2. The maximum absolute atomic E-state index is 11.3. The van der Waals surface area contributed by atoms with Gasteiger partial charge >= 0.3 is 0 Å². The molecule has 1 amide bonds. The SMILES string of the molecule is CC(=O)c1c[c]cc(N2CCN(C(C)=O)CC2)c1. The molecule has 1 saturated heterocycles. The van der Waals surface area contributed by atoms with Gasteiger partial charge in [-0.2, -0.15) is 0 Å². The van der Waals surface area contributed by atoms with Crippen LogP contribution in [0.25, 0.3) is 0 Å². The standard InChI is InChI=1S/C14H17N2O2/c1-11(17)13-4-3-5-14(10-13)16-8-6-15(7-9-16)12(2)18/h4-5,10H,6-9H2,1-2H3. The van der Waals surface area contributed by atoms with E-state index < -0.39 is 0 Å². The third-order valence-corrected chi connectivity index (χ3v) is 3.27. The fourth-order valence-corrected chi connectivity index (χ4v) is 2.12. The van der Waals surface area contributed by atoms with E-state index in [9.17, 15) is 9.59 Å². The first-order valence-electron chi connectivity index (χ1n) is 6.10. The maximum Gasteiger partial charge on any atom is 0.219 e. The zero-order chi connectivity index (χ0) is 13.1. The van der Waals surface area contributed by atoms with E-state index in [1.807, 2.05) is 17.0 Å². The van der Waals surface area contributed by atoms with Crippen LogP contribution in [-0.2, 0) is 4.79 Å². The number of hydrogen-bond acceptors (Lipinski definition) is 3. The Labute approximate surface area is 107 Å². The molecule has 0 atom stereocenters. The lowest BCUT2D eigenvalue weighted by Gasteiger charge is -2.35. The molecule has 1 aliphatic heterocycles. The maximum atomic E-state index is 11.3. The van der Waals surface area contributed by atoms with Crippen LogP contribution >= 0.6 is 0 Å². The number of piperazine rings is 1. The number of benzene rings is 1. The predicted octanol–water partition coefficient (Wildman–Crippen LogP) is 1.36. The first-order valence-corrected chi connectivity index (χ1v) is 6.10. The summed E-state index contributed by atoms with van der Waals surface area (Å²) in [4.78, 5) is 26.6. The quantitative estimate of drug-likeness (QED) is 0.739. The minimum Gasteiger partial charge on any atom is -0.368 e. The Morgan fingerprint density at radius 3 is 2.33 bits per heavy atom. The summed E-state index contributed by atoms with van der Waals surface area (Å²) in [6.07, 6.45) is 0. The number of Topliss-reactive ketones (excluding diaryl/α,β-unsaturated/α-hetero) is 1. The Morgan fingerprint density at radius 2 is 1.78 bits per heavy atom. The molecule has 0 spiro atoms. The van der Waals surface area contributed by atoms with E-state index in [0.29, 0.717) is 5.56 Å². The van der Waals surface area contributed by atoms with Gasteiger partial charge in [-0.3, -0.25) is 9.59 Å². The molecule has 0 unspecified atom stereocenters. The molecule has 0 N–H and O–H groups in total. The Kier molecular flexibility index (Phi) is 3.65. The number of carbonyl (C=O) groups excluding carboxylic acids is 2. The lowest BCUT2D eigenvalue weighted by molar-refractivity contribution is -0.129. The lowest BCUT2D eigenvalue weighted by Crippen LogP contribution is -2.48. The Hall–Kier alpha value is -1.84. The van der Waals surface area contributed by atoms with Crippen molar-refractivity contribution in [1.29, 1.82) is 0 Å². The highest BCUT2D eigenvalue weighted by molar-refractivity contribution is 5.94. The first-order chi connectivity index (χ1) is 8.58. The predicted molar refractivity (Wildman–Crippen MR) is 69.7 cm³/mol. The topological polar surface area (TPSA) is 40.6 Å². The van der Waals surface area contributed by atoms with Crippen molar-refractivity contribution in [2.75, 3.05) is 31.1 Å². The highest BCUT2D eigenvalue weighted by Gasteiger charge is 2.19. The summed E-state index contributed by atoms with van der Waals surface area (Å²) in [6.45, 7) is 6.23. The van der Waals surface area contributed by atoms with Gasteiger partial charge in [-0.25, -0.2) is 0 Å². The van der Waals surface area contributed by atoms with E-state index in [-0.39, 0.29) is 11.7 Å². The van der Waals surface area contributed by atoms with Crippen molar-refractivity contribution < 1.29 is 9.59 Å². The minimum absolute atomic E-state index is 0.0514. The zero-order valence-corrected chi connectivity index (χ0v) is 10.8. The minimum atomic E-state index is 0.0514. The Bertz CT molecular complexity index is 463. The first kappa shape index (κ1) is 12.6. The summed E-state index contributed by atoms with van der Waals surface area (Å²) >= 11 is 0. The van der Waals surface area contributed by atoms with E-state index in [0.717, 1.165) is 31.9 Å². The van der Waals surface area contributed by atoms with Gasteiger partial charge in [0.15, 0.2) is 5.78 Å². The smallest absolute Gasteiger partial charge is 0.219 e. The summed E-state index contributed by atoms with van der Waals surface area (Å²) in [7, 11) is 0. The highest BCUT2D eigenvalue weighted by atomic mass is 16.2. The van der Waals surface area contributed by atoms with Crippen LogP contribution in [0.1, 0.15) is 24.2 Å². The summed E-state index contributed by atoms with van der Waals surface area (Å²) < 4.78 is 0. The second kappa shape index (κ2) is 5.21. The third-order valence-electron chi connectivity index (χ3n) is 3.27. The van der Waals surface area contributed by atoms with Gasteiger partial charge in [0.05, 0.1) is 0 Å². The van der Waals surface area contributed by atoms with E-state index in [1.54, 1.807) is 19.9 Å². The van der Waals surface area contributed by atoms with Gasteiger partial charge < -0.3 is 9.80 Å². The van der Waals surface area contributed by atoms with Crippen molar-refractivity contribution in [2.24, 2.45) is 0 Å². The van der Waals surface area contributed by atoms with E-state index in [4.69, 9.17) is 0 Å². The number of rotatable bonds is 2. The van der Waals surface area contributed by atoms with E-state index in [1.165, 1.54) is 0 Å². The molecule has 1 aliphatic rings. The molecule has 2 rings (SSSR count). The van der Waals surface area contributed by atoms with Gasteiger partial charge in [0, 0.05) is 44.4 Å². The molecule has 0 aromatic heterocycles. The summed E-state index contributed by atoms with van der Waals surface area (Å²) in [5.74, 6) is 0.175. The van der Waals surface area contributed by atoms with Crippen molar-refractivity contribution in [2.45, 2.75) is 13.8 Å². The van der Waals surface area contributed by atoms with Gasteiger partial charge in [-0.05, 0) is 31.2 Å². The van der Waals surface area contributed by atoms with Crippen molar-refractivity contribution in [3.05, 3.63) is 29.8 Å². The Balaban J connectivity index is 2.07. The normalized spacial score (nSPS) is 15.7. The summed E-state index contributed by atoms with van der Waals surface area (Å²) in [5, 5.41) is 0. The fourth-order valence-electron chi connectivity index (χ4n) is 2.12. The molecule has 0 bridgehead atoms. The largest absolute Gasteiger partial charge is 0.368 e. The summed E-state index contributed by atoms with van der Waals surface area (Å²) in [6, 6.07) is 8.48. The molecule has 1 aromatic carbocycles. The van der Waals surface area contributed by atoms with Gasteiger partial charge in [-0.1, -0.05) is 0 Å². The number of amides is 1. The molecular formula is C14H17N2O2. The van der Waals surface area contributed by atoms with Crippen LogP contribution in [0.3, 0.4) is 0 Å². The molecule has 4 heteroatoms. The number of ketones is 1. The van der Waals surface area contributed by atoms with Crippen molar-refractivity contribution in [1.82, 2.24) is 4.90 Å². The van der Waals surface area contributed by atoms with E-state index >= 15 is 0 Å². The third kappa shape index (κ3) is 2.70. The van der Waals surface area contributed by atoms with Crippen LogP contribution in [0.4, 0.5) is 5.69 Å². The lowest BCUT2D eigenvalue weighted by atomic mass is 10.1. The molecule has 1 heterocycles. The molecular weight excluding hydrogens is 228 g/mol. The second-order valence-corrected chi connectivity index (χ2v) is 4.53. The zero-order valence-electron chi connectivity index (χ0n) is 10.8. The van der Waals surface area contributed by atoms with Crippen LogP contribution < -0.4 is 4.90 Å². The highest BCUT2D eigenvalue weighted by Crippen LogP contribution is 2.18. The average molecular weight is 245 g/mol. The van der Waals surface area contributed by atoms with Gasteiger partial charge in [0.1, 0.15) is 0 Å². The molecule has 4 nitrogen and oxygen atoms in total. The number of anilines is 1. The molecule has 0 saturated carbocycles. The van der Waals surface area contributed by atoms with Crippen LogP contribution in [0.15, 0.2) is 18.2 Å². The monoisotopic (exact) mass is 245 g/mol. The molecule has 1 fully saturated rings. The second-order valence-electron chi connectivity index (χ2n) is 4.53. The number of hydrogen-bond donors (Lipinski definition) is 0. The fraction of sp³-hybridized carbons (Fsp3) is 0.429. The van der Waals surface area contributed by atoms with Crippen LogP contribution in [0.2, 0.25) is 0 Å². The van der Waals surface area contributed by atoms with E-state index in [2.05, 4.69) is 11.0 Å².